The molecule has 2 aromatic rings. The number of benzene rings is 2. The van der Waals surface area contributed by atoms with Gasteiger partial charge >= 0.3 is 0 Å². The first-order valence-electron chi connectivity index (χ1n) is 12.5. The van der Waals surface area contributed by atoms with Crippen LogP contribution in [0.25, 0.3) is 0 Å². The van der Waals surface area contributed by atoms with Crippen molar-refractivity contribution < 1.29 is 0 Å². The van der Waals surface area contributed by atoms with E-state index in [9.17, 15) is 0 Å². The molecule has 0 spiro atoms. The Morgan fingerprint density at radius 3 is 1.44 bits per heavy atom. The van der Waals surface area contributed by atoms with E-state index in [0.717, 1.165) is 24.9 Å². The van der Waals surface area contributed by atoms with Gasteiger partial charge in [0.2, 0.25) is 0 Å². The van der Waals surface area contributed by atoms with Gasteiger partial charge in [0.05, 0.1) is 20.1 Å². The second-order valence-electron chi connectivity index (χ2n) is 11.1. The van der Waals surface area contributed by atoms with Gasteiger partial charge in [-0.3, -0.25) is 0 Å². The predicted octanol–water partition coefficient (Wildman–Crippen LogP) is 7.95. The zero-order valence-corrected chi connectivity index (χ0v) is 23.1. The summed E-state index contributed by atoms with van der Waals surface area (Å²) in [5, 5.41) is 2.71. The predicted molar refractivity (Wildman–Crippen MR) is 146 cm³/mol. The van der Waals surface area contributed by atoms with Crippen molar-refractivity contribution in [2.24, 2.45) is 11.8 Å². The maximum absolute atomic E-state index is 6.17. The molecule has 184 valence electrons. The second-order valence-corrected chi connectivity index (χ2v) is 12.8. The molecule has 0 unspecified atom stereocenters. The quantitative estimate of drug-likeness (QED) is 0.382. The normalized spacial score (nSPS) is 33.0. The third-order valence-electron chi connectivity index (χ3n) is 9.07. The molecule has 0 amide bonds. The lowest BCUT2D eigenvalue weighted by atomic mass is 9.75. The topological polar surface area (TPSA) is 6.48 Å². The Hall–Kier alpha value is -0.480. The van der Waals surface area contributed by atoms with Crippen LogP contribution in [0.1, 0.15) is 49.7 Å². The summed E-state index contributed by atoms with van der Waals surface area (Å²) in [6.45, 7) is 4.77. The minimum Gasteiger partial charge on any atom is -0.305 e. The van der Waals surface area contributed by atoms with Crippen molar-refractivity contribution in [1.82, 2.24) is 9.80 Å². The summed E-state index contributed by atoms with van der Waals surface area (Å²) in [6.07, 6.45) is 7.98. The van der Waals surface area contributed by atoms with Crippen molar-refractivity contribution in [2.45, 2.75) is 49.4 Å². The van der Waals surface area contributed by atoms with Crippen LogP contribution in [-0.4, -0.2) is 50.1 Å². The Bertz CT molecular complexity index is 975. The highest BCUT2D eigenvalue weighted by molar-refractivity contribution is 6.42. The van der Waals surface area contributed by atoms with E-state index < -0.39 is 0 Å². The first kappa shape index (κ1) is 25.2. The monoisotopic (exact) mass is 538 g/mol. The molecule has 34 heavy (non-hydrogen) atoms. The largest absolute Gasteiger partial charge is 0.305 e. The molecule has 0 bridgehead atoms. The summed E-state index contributed by atoms with van der Waals surface area (Å²) >= 11 is 24.4. The molecule has 4 fully saturated rings. The number of fused-ring (bicyclic) bond motifs is 2. The van der Waals surface area contributed by atoms with Crippen LogP contribution < -0.4 is 0 Å². The Labute approximate surface area is 224 Å². The molecule has 0 aromatic heterocycles. The number of hydrogen-bond acceptors (Lipinski definition) is 2. The van der Waals surface area contributed by atoms with E-state index in [-0.39, 0.29) is 0 Å². The summed E-state index contributed by atoms with van der Waals surface area (Å²) in [4.78, 5) is 4.90. The highest BCUT2D eigenvalue weighted by Gasteiger charge is 2.50. The molecule has 0 N–H and O–H groups in total. The molecule has 6 rings (SSSR count). The van der Waals surface area contributed by atoms with Crippen LogP contribution in [0.5, 0.6) is 0 Å². The molecule has 4 atom stereocenters. The van der Waals surface area contributed by atoms with Crippen molar-refractivity contribution in [3.63, 3.8) is 0 Å². The third kappa shape index (κ3) is 4.42. The molecular formula is C28H34Cl4N2. The Kier molecular flexibility index (Phi) is 7.23. The van der Waals surface area contributed by atoms with Crippen LogP contribution in [0.15, 0.2) is 36.4 Å². The smallest absolute Gasteiger partial charge is 0.0595 e. The van der Waals surface area contributed by atoms with Gasteiger partial charge < -0.3 is 9.80 Å². The Balaban J connectivity index is 0.000000142. The number of nitrogens with zero attached hydrogens (tertiary/aromatic N) is 2. The molecule has 2 aromatic carbocycles. The molecule has 2 saturated carbocycles. The number of halogens is 4. The van der Waals surface area contributed by atoms with Gasteiger partial charge in [-0.15, -0.1) is 0 Å². The fourth-order valence-corrected chi connectivity index (χ4v) is 8.23. The van der Waals surface area contributed by atoms with Gasteiger partial charge in [0, 0.05) is 37.0 Å². The molecular weight excluding hydrogens is 506 g/mol. The van der Waals surface area contributed by atoms with Crippen molar-refractivity contribution in [1.29, 1.82) is 0 Å². The summed E-state index contributed by atoms with van der Waals surface area (Å²) in [6, 6.07) is 12.4. The minimum absolute atomic E-state index is 0.336. The number of hydrogen-bond donors (Lipinski definition) is 0. The molecule has 2 saturated heterocycles. The van der Waals surface area contributed by atoms with Gasteiger partial charge in [-0.25, -0.2) is 0 Å². The van der Waals surface area contributed by atoms with E-state index in [1.54, 1.807) is 0 Å². The maximum Gasteiger partial charge on any atom is 0.0595 e. The van der Waals surface area contributed by atoms with Gasteiger partial charge in [0.25, 0.3) is 0 Å². The fraction of sp³-hybridized carbons (Fsp3) is 0.571. The van der Waals surface area contributed by atoms with Crippen LogP contribution in [-0.2, 0) is 10.8 Å². The molecule has 4 aliphatic rings. The fourth-order valence-electron chi connectivity index (χ4n) is 7.64. The van der Waals surface area contributed by atoms with Crippen LogP contribution in [0.4, 0.5) is 0 Å². The Morgan fingerprint density at radius 2 is 1.06 bits per heavy atom. The number of likely N-dealkylation sites (tertiary alicyclic amines) is 2. The summed E-state index contributed by atoms with van der Waals surface area (Å²) < 4.78 is 0. The average molecular weight is 540 g/mol. The van der Waals surface area contributed by atoms with Crippen molar-refractivity contribution in [3.05, 3.63) is 67.6 Å². The van der Waals surface area contributed by atoms with Crippen LogP contribution >= 0.6 is 46.4 Å². The van der Waals surface area contributed by atoms with Crippen LogP contribution in [0, 0.1) is 11.8 Å². The summed E-state index contributed by atoms with van der Waals surface area (Å²) in [5.41, 5.74) is 3.45. The lowest BCUT2D eigenvalue weighted by Gasteiger charge is -2.29. The van der Waals surface area contributed by atoms with Gasteiger partial charge in [-0.2, -0.15) is 0 Å². The minimum atomic E-state index is 0.336. The highest BCUT2D eigenvalue weighted by Crippen LogP contribution is 2.51. The van der Waals surface area contributed by atoms with E-state index in [2.05, 4.69) is 48.2 Å². The zero-order valence-electron chi connectivity index (χ0n) is 20.1. The van der Waals surface area contributed by atoms with Crippen molar-refractivity contribution in [2.75, 3.05) is 40.3 Å². The van der Waals surface area contributed by atoms with Gasteiger partial charge in [0.1, 0.15) is 0 Å². The van der Waals surface area contributed by atoms with Gasteiger partial charge in [0.15, 0.2) is 0 Å². The molecule has 0 radical (unpaired) electrons. The van der Waals surface area contributed by atoms with Crippen molar-refractivity contribution >= 4 is 46.4 Å². The van der Waals surface area contributed by atoms with Crippen LogP contribution in [0.2, 0.25) is 20.1 Å². The summed E-state index contributed by atoms with van der Waals surface area (Å²) in [7, 11) is 4.44. The van der Waals surface area contributed by atoms with E-state index in [1.807, 2.05) is 12.1 Å². The second kappa shape index (κ2) is 9.77. The molecule has 2 heterocycles. The average Bonchev–Trinajstić information content (AvgIpc) is 3.51. The van der Waals surface area contributed by atoms with Crippen LogP contribution in [0.3, 0.4) is 0 Å². The highest BCUT2D eigenvalue weighted by atomic mass is 35.5. The zero-order chi connectivity index (χ0) is 24.1. The molecule has 2 nitrogen and oxygen atoms in total. The van der Waals surface area contributed by atoms with E-state index in [0.29, 0.717) is 30.9 Å². The van der Waals surface area contributed by atoms with E-state index in [1.165, 1.54) is 62.7 Å². The third-order valence-corrected chi connectivity index (χ3v) is 10.5. The standard InChI is InChI=1S/2C14H17Cl2N/c2*1-17-8-11-3-2-6-14(11,9-17)10-4-5-12(15)13(16)7-10/h2*4-5,7,11H,2-3,6,8-9H2,1H3/t2*11-,14+/m10/s1. The number of rotatable bonds is 2. The van der Waals surface area contributed by atoms with Crippen molar-refractivity contribution in [3.8, 4) is 0 Å². The molecule has 2 aliphatic heterocycles. The number of likely N-dealkylation sites (N-methyl/N-ethyl adjacent to an activating group) is 2. The lowest BCUT2D eigenvalue weighted by Crippen LogP contribution is -2.31. The van der Waals surface area contributed by atoms with E-state index >= 15 is 0 Å². The van der Waals surface area contributed by atoms with Gasteiger partial charge in [-0.1, -0.05) is 71.4 Å². The molecule has 6 heteroatoms. The van der Waals surface area contributed by atoms with E-state index in [4.69, 9.17) is 46.4 Å². The maximum atomic E-state index is 6.17. The SMILES string of the molecule is CN1C[C@@H]2CCC[C@]2(c2ccc(Cl)c(Cl)c2)C1.CN1C[C@H]2CCC[C@@]2(c2ccc(Cl)c(Cl)c2)C1. The molecule has 2 aliphatic carbocycles. The Morgan fingerprint density at radius 1 is 0.647 bits per heavy atom. The van der Waals surface area contributed by atoms with Gasteiger partial charge in [-0.05, 0) is 87.0 Å². The summed E-state index contributed by atoms with van der Waals surface area (Å²) in [5.74, 6) is 1.59. The first-order valence-corrected chi connectivity index (χ1v) is 14.0. The lowest BCUT2D eigenvalue weighted by molar-refractivity contribution is 0.360. The first-order chi connectivity index (χ1) is 16.2.